The van der Waals surface area contributed by atoms with E-state index < -0.39 is 6.10 Å². The number of rotatable bonds is 8. The molecular weight excluding hydrogens is 348 g/mol. The van der Waals surface area contributed by atoms with Gasteiger partial charge < -0.3 is 10.1 Å². The van der Waals surface area contributed by atoms with Gasteiger partial charge in [-0.25, -0.2) is 0 Å². The van der Waals surface area contributed by atoms with Crippen LogP contribution in [0.15, 0.2) is 42.5 Å². The summed E-state index contributed by atoms with van der Waals surface area (Å²) in [5.74, 6) is 0.715. The third-order valence-corrected chi connectivity index (χ3v) is 5.33. The Hall–Kier alpha value is -2.33. The molecule has 0 aromatic heterocycles. The summed E-state index contributed by atoms with van der Waals surface area (Å²) in [6.45, 7) is 9.94. The average Bonchev–Trinajstić information content (AvgIpc) is 3.19. The van der Waals surface area contributed by atoms with Crippen LogP contribution < -0.4 is 10.1 Å². The second-order valence-electron chi connectivity index (χ2n) is 7.80. The third-order valence-electron chi connectivity index (χ3n) is 5.33. The molecule has 1 heterocycles. The number of amides is 1. The average molecular weight is 381 g/mol. The minimum atomic E-state index is -0.478. The molecule has 1 aliphatic rings. The predicted molar refractivity (Wildman–Crippen MR) is 113 cm³/mol. The van der Waals surface area contributed by atoms with E-state index in [4.69, 9.17) is 4.74 Å². The Balaban J connectivity index is 1.55. The van der Waals surface area contributed by atoms with Crippen LogP contribution in [0.3, 0.4) is 0 Å². The number of nitrogens with one attached hydrogen (secondary N) is 1. The van der Waals surface area contributed by atoms with Crippen LogP contribution in [0, 0.1) is 13.8 Å². The van der Waals surface area contributed by atoms with Crippen LogP contribution >= 0.6 is 0 Å². The molecule has 3 rings (SSSR count). The molecule has 2 aromatic rings. The summed E-state index contributed by atoms with van der Waals surface area (Å²) in [7, 11) is 0. The van der Waals surface area contributed by atoms with Crippen LogP contribution in [0.5, 0.6) is 5.75 Å². The Bertz CT molecular complexity index is 797. The van der Waals surface area contributed by atoms with E-state index in [-0.39, 0.29) is 5.91 Å². The molecule has 1 fully saturated rings. The molecule has 0 unspecified atom stereocenters. The van der Waals surface area contributed by atoms with E-state index in [1.54, 1.807) is 0 Å². The highest BCUT2D eigenvalue weighted by molar-refractivity contribution is 5.81. The van der Waals surface area contributed by atoms with Gasteiger partial charge in [-0.3, -0.25) is 9.69 Å². The molecule has 1 amide bonds. The van der Waals surface area contributed by atoms with Gasteiger partial charge in [0.25, 0.3) is 5.91 Å². The lowest BCUT2D eigenvalue weighted by Crippen LogP contribution is -2.37. The van der Waals surface area contributed by atoms with E-state index in [1.807, 2.05) is 26.0 Å². The normalized spacial score (nSPS) is 15.4. The van der Waals surface area contributed by atoms with Crippen molar-refractivity contribution in [1.82, 2.24) is 10.2 Å². The Labute approximate surface area is 168 Å². The number of carbonyl (C=O) groups excluding carboxylic acids is 1. The first-order valence-corrected chi connectivity index (χ1v) is 10.4. The quantitative estimate of drug-likeness (QED) is 0.739. The van der Waals surface area contributed by atoms with E-state index in [9.17, 15) is 4.79 Å². The smallest absolute Gasteiger partial charge is 0.261 e. The molecule has 4 heteroatoms. The van der Waals surface area contributed by atoms with Crippen LogP contribution in [0.1, 0.15) is 48.4 Å². The summed E-state index contributed by atoms with van der Waals surface area (Å²) in [5.41, 5.74) is 4.69. The molecule has 0 saturated carbocycles. The lowest BCUT2D eigenvalue weighted by molar-refractivity contribution is -0.128. The molecule has 28 heavy (non-hydrogen) atoms. The molecule has 4 nitrogen and oxygen atoms in total. The fourth-order valence-electron chi connectivity index (χ4n) is 3.75. The minimum Gasteiger partial charge on any atom is -0.480 e. The summed E-state index contributed by atoms with van der Waals surface area (Å²) < 4.78 is 5.99. The van der Waals surface area contributed by atoms with Gasteiger partial charge in [-0.05, 0) is 69.0 Å². The molecule has 2 aromatic carbocycles. The Morgan fingerprint density at radius 3 is 2.57 bits per heavy atom. The van der Waals surface area contributed by atoms with Gasteiger partial charge >= 0.3 is 0 Å². The molecule has 150 valence electrons. The Morgan fingerprint density at radius 2 is 1.86 bits per heavy atom. The standard InChI is InChI=1S/C24H32N2O2/c1-4-22(28-23-11-10-18(2)14-19(23)3)24(27)25-16-20-8-7-9-21(15-20)17-26-12-5-6-13-26/h7-11,14-15,22H,4-6,12-13,16-17H2,1-3H3,(H,25,27)/t22-/m1/s1. The third kappa shape index (κ3) is 5.59. The summed E-state index contributed by atoms with van der Waals surface area (Å²) >= 11 is 0. The van der Waals surface area contributed by atoms with E-state index >= 15 is 0 Å². The molecule has 0 radical (unpaired) electrons. The highest BCUT2D eigenvalue weighted by atomic mass is 16.5. The number of carbonyl (C=O) groups is 1. The van der Waals surface area contributed by atoms with Crippen LogP contribution in [0.2, 0.25) is 0 Å². The van der Waals surface area contributed by atoms with Gasteiger partial charge in [0.1, 0.15) is 5.75 Å². The minimum absolute atomic E-state index is 0.0626. The Kier molecular flexibility index (Phi) is 7.10. The van der Waals surface area contributed by atoms with Crippen LogP contribution in [-0.4, -0.2) is 30.0 Å². The monoisotopic (exact) mass is 380 g/mol. The first-order chi connectivity index (χ1) is 13.5. The number of aryl methyl sites for hydroxylation is 2. The topological polar surface area (TPSA) is 41.6 Å². The van der Waals surface area contributed by atoms with Gasteiger partial charge in [0.2, 0.25) is 0 Å². The fourth-order valence-corrected chi connectivity index (χ4v) is 3.75. The number of hydrogen-bond donors (Lipinski definition) is 1. The SMILES string of the molecule is CC[C@@H](Oc1ccc(C)cc1C)C(=O)NCc1cccc(CN2CCCC2)c1. The lowest BCUT2D eigenvalue weighted by Gasteiger charge is -2.19. The van der Waals surface area contributed by atoms with Crippen molar-refractivity contribution < 1.29 is 9.53 Å². The van der Waals surface area contributed by atoms with Crippen LogP contribution in [0.4, 0.5) is 0 Å². The second kappa shape index (κ2) is 9.74. The van der Waals surface area contributed by atoms with E-state index in [1.165, 1.54) is 37.1 Å². The van der Waals surface area contributed by atoms with Crippen LogP contribution in [0.25, 0.3) is 0 Å². The summed E-state index contributed by atoms with van der Waals surface area (Å²) in [6.07, 6.45) is 2.76. The highest BCUT2D eigenvalue weighted by Crippen LogP contribution is 2.21. The van der Waals surface area contributed by atoms with Crippen LogP contribution in [-0.2, 0) is 17.9 Å². The van der Waals surface area contributed by atoms with Crippen molar-refractivity contribution in [1.29, 1.82) is 0 Å². The zero-order chi connectivity index (χ0) is 19.9. The largest absolute Gasteiger partial charge is 0.480 e. The van der Waals surface area contributed by atoms with Gasteiger partial charge in [0.15, 0.2) is 6.10 Å². The summed E-state index contributed by atoms with van der Waals surface area (Å²) in [6, 6.07) is 14.6. The second-order valence-corrected chi connectivity index (χ2v) is 7.80. The van der Waals surface area contributed by atoms with Crippen molar-refractivity contribution in [2.24, 2.45) is 0 Å². The number of nitrogens with zero attached hydrogens (tertiary/aromatic N) is 1. The maximum absolute atomic E-state index is 12.6. The van der Waals surface area contributed by atoms with Crippen molar-refractivity contribution >= 4 is 5.91 Å². The van der Waals surface area contributed by atoms with Crippen molar-refractivity contribution in [3.8, 4) is 5.75 Å². The number of likely N-dealkylation sites (tertiary alicyclic amines) is 1. The zero-order valence-corrected chi connectivity index (χ0v) is 17.3. The van der Waals surface area contributed by atoms with E-state index in [0.29, 0.717) is 13.0 Å². The molecular formula is C24H32N2O2. The molecule has 1 N–H and O–H groups in total. The molecule has 0 aliphatic carbocycles. The maximum atomic E-state index is 12.6. The van der Waals surface area contributed by atoms with Gasteiger partial charge in [-0.1, -0.05) is 48.9 Å². The highest BCUT2D eigenvalue weighted by Gasteiger charge is 2.19. The zero-order valence-electron chi connectivity index (χ0n) is 17.3. The number of ether oxygens (including phenoxy) is 1. The first kappa shape index (κ1) is 20.4. The van der Waals surface area contributed by atoms with Gasteiger partial charge in [-0.2, -0.15) is 0 Å². The fraction of sp³-hybridized carbons (Fsp3) is 0.458. The summed E-state index contributed by atoms with van der Waals surface area (Å²) in [5, 5.41) is 3.04. The Morgan fingerprint density at radius 1 is 1.11 bits per heavy atom. The van der Waals surface area contributed by atoms with E-state index in [0.717, 1.165) is 23.4 Å². The first-order valence-electron chi connectivity index (χ1n) is 10.4. The van der Waals surface area contributed by atoms with Gasteiger partial charge in [-0.15, -0.1) is 0 Å². The van der Waals surface area contributed by atoms with E-state index in [2.05, 4.69) is 47.5 Å². The number of benzene rings is 2. The maximum Gasteiger partial charge on any atom is 0.261 e. The molecule has 1 atom stereocenters. The van der Waals surface area contributed by atoms with Crippen molar-refractivity contribution in [2.45, 2.75) is 59.2 Å². The van der Waals surface area contributed by atoms with Gasteiger partial charge in [0.05, 0.1) is 0 Å². The molecule has 0 spiro atoms. The predicted octanol–water partition coefficient (Wildman–Crippen LogP) is 4.37. The molecule has 1 saturated heterocycles. The number of hydrogen-bond acceptors (Lipinski definition) is 3. The summed E-state index contributed by atoms with van der Waals surface area (Å²) in [4.78, 5) is 15.1. The van der Waals surface area contributed by atoms with Gasteiger partial charge in [0, 0.05) is 13.1 Å². The lowest BCUT2D eigenvalue weighted by atomic mass is 10.1. The van der Waals surface area contributed by atoms with Crippen molar-refractivity contribution in [3.05, 3.63) is 64.7 Å². The molecule has 0 bridgehead atoms. The molecule has 1 aliphatic heterocycles. The van der Waals surface area contributed by atoms with Crippen molar-refractivity contribution in [2.75, 3.05) is 13.1 Å². The van der Waals surface area contributed by atoms with Crippen molar-refractivity contribution in [3.63, 3.8) is 0 Å².